The minimum absolute atomic E-state index is 0.316. The summed E-state index contributed by atoms with van der Waals surface area (Å²) >= 11 is 0. The van der Waals surface area contributed by atoms with Gasteiger partial charge >= 0.3 is 0 Å². The molecule has 2 rings (SSSR count). The molecule has 4 heteroatoms. The van der Waals surface area contributed by atoms with Crippen molar-refractivity contribution in [2.24, 2.45) is 12.5 Å². The first-order valence-electron chi connectivity index (χ1n) is 6.73. The third-order valence-electron chi connectivity index (χ3n) is 3.12. The number of hydrogen-bond acceptors (Lipinski definition) is 3. The van der Waals surface area contributed by atoms with Crippen LogP contribution >= 0.6 is 0 Å². The molecule has 0 spiro atoms. The molecule has 0 amide bonds. The normalized spacial score (nSPS) is 12.6. The Balaban J connectivity index is 2.20. The molecule has 19 heavy (non-hydrogen) atoms. The third kappa shape index (κ3) is 3.32. The number of pyridine rings is 1. The average Bonchev–Trinajstić information content (AvgIpc) is 2.51. The van der Waals surface area contributed by atoms with Crippen LogP contribution in [0.4, 0.5) is 0 Å². The van der Waals surface area contributed by atoms with Gasteiger partial charge in [-0.05, 0) is 31.0 Å². The Morgan fingerprint density at radius 2 is 2.00 bits per heavy atom. The van der Waals surface area contributed by atoms with E-state index in [9.17, 15) is 0 Å². The summed E-state index contributed by atoms with van der Waals surface area (Å²) in [5.41, 5.74) is 3.57. The van der Waals surface area contributed by atoms with Crippen LogP contribution in [-0.2, 0) is 13.6 Å². The van der Waals surface area contributed by atoms with E-state index in [2.05, 4.69) is 48.9 Å². The number of aromatic nitrogens is 3. The maximum Gasteiger partial charge on any atom is 0.157 e. The Morgan fingerprint density at radius 1 is 1.32 bits per heavy atom. The van der Waals surface area contributed by atoms with Gasteiger partial charge in [0, 0.05) is 31.7 Å². The lowest BCUT2D eigenvalue weighted by atomic mass is 9.96. The molecule has 0 aliphatic rings. The quantitative estimate of drug-likeness (QED) is 0.851. The standard InChI is InChI=1S/C15H24N4/c1-11-13-7-12(8-16-14(13)19(6)17-11)9-18(5)10-15(2,3)4/h7-8H,9-10H2,1-6H3. The molecule has 0 bridgehead atoms. The summed E-state index contributed by atoms with van der Waals surface area (Å²) in [6.07, 6.45) is 1.96. The second kappa shape index (κ2) is 4.93. The SMILES string of the molecule is Cc1nn(C)c2ncc(CN(C)CC(C)(C)C)cc12. The molecular weight excluding hydrogens is 236 g/mol. The number of nitrogens with zero attached hydrogens (tertiary/aromatic N) is 4. The predicted molar refractivity (Wildman–Crippen MR) is 79.0 cm³/mol. The predicted octanol–water partition coefficient (Wildman–Crippen LogP) is 2.75. The molecule has 0 N–H and O–H groups in total. The summed E-state index contributed by atoms with van der Waals surface area (Å²) in [5, 5.41) is 5.57. The van der Waals surface area contributed by atoms with Crippen molar-refractivity contribution in [2.75, 3.05) is 13.6 Å². The first-order valence-corrected chi connectivity index (χ1v) is 6.73. The molecule has 0 aliphatic heterocycles. The highest BCUT2D eigenvalue weighted by Crippen LogP contribution is 2.19. The highest BCUT2D eigenvalue weighted by atomic mass is 15.3. The lowest BCUT2D eigenvalue weighted by Crippen LogP contribution is -2.28. The summed E-state index contributed by atoms with van der Waals surface area (Å²) in [6.45, 7) is 10.8. The van der Waals surface area contributed by atoms with Crippen LogP contribution < -0.4 is 0 Å². The van der Waals surface area contributed by atoms with Crippen molar-refractivity contribution >= 4 is 11.0 Å². The van der Waals surface area contributed by atoms with Crippen LogP contribution in [0.5, 0.6) is 0 Å². The van der Waals surface area contributed by atoms with Crippen molar-refractivity contribution < 1.29 is 0 Å². The molecule has 2 aromatic rings. The maximum absolute atomic E-state index is 4.52. The van der Waals surface area contributed by atoms with E-state index in [1.807, 2.05) is 24.9 Å². The van der Waals surface area contributed by atoms with Crippen LogP contribution in [0.2, 0.25) is 0 Å². The Labute approximate surface area is 115 Å². The van der Waals surface area contributed by atoms with E-state index in [4.69, 9.17) is 0 Å². The Hall–Kier alpha value is -1.42. The van der Waals surface area contributed by atoms with Crippen LogP contribution in [-0.4, -0.2) is 33.3 Å². The van der Waals surface area contributed by atoms with Gasteiger partial charge in [-0.15, -0.1) is 0 Å². The van der Waals surface area contributed by atoms with Gasteiger partial charge in [0.15, 0.2) is 5.65 Å². The van der Waals surface area contributed by atoms with E-state index in [1.54, 1.807) is 0 Å². The largest absolute Gasteiger partial charge is 0.302 e. The molecule has 2 heterocycles. The number of aryl methyl sites for hydroxylation is 2. The van der Waals surface area contributed by atoms with Gasteiger partial charge < -0.3 is 4.90 Å². The first kappa shape index (κ1) is 14.0. The smallest absolute Gasteiger partial charge is 0.157 e. The van der Waals surface area contributed by atoms with E-state index in [0.717, 1.165) is 29.8 Å². The van der Waals surface area contributed by atoms with E-state index in [1.165, 1.54) is 5.56 Å². The van der Waals surface area contributed by atoms with Crippen molar-refractivity contribution in [1.82, 2.24) is 19.7 Å². The van der Waals surface area contributed by atoms with Gasteiger partial charge in [-0.1, -0.05) is 20.8 Å². The second-order valence-corrected chi connectivity index (χ2v) is 6.66. The Bertz CT molecular complexity index is 578. The molecule has 4 nitrogen and oxygen atoms in total. The van der Waals surface area contributed by atoms with E-state index < -0.39 is 0 Å². The summed E-state index contributed by atoms with van der Waals surface area (Å²) in [6, 6.07) is 2.21. The van der Waals surface area contributed by atoms with Crippen LogP contribution in [0, 0.1) is 12.3 Å². The van der Waals surface area contributed by atoms with E-state index in [0.29, 0.717) is 5.41 Å². The van der Waals surface area contributed by atoms with Crippen LogP contribution in [0.3, 0.4) is 0 Å². The molecule has 2 aromatic heterocycles. The fourth-order valence-electron chi connectivity index (χ4n) is 2.61. The zero-order valence-corrected chi connectivity index (χ0v) is 12.9. The van der Waals surface area contributed by atoms with Gasteiger partial charge in [0.25, 0.3) is 0 Å². The summed E-state index contributed by atoms with van der Waals surface area (Å²) in [5.74, 6) is 0. The Morgan fingerprint density at radius 3 is 2.63 bits per heavy atom. The molecule has 0 unspecified atom stereocenters. The molecule has 0 aliphatic carbocycles. The van der Waals surface area contributed by atoms with Crippen LogP contribution in [0.15, 0.2) is 12.3 Å². The van der Waals surface area contributed by atoms with E-state index in [-0.39, 0.29) is 0 Å². The first-order chi connectivity index (χ1) is 8.76. The molecule has 0 saturated heterocycles. The van der Waals surface area contributed by atoms with Crippen molar-refractivity contribution in [3.63, 3.8) is 0 Å². The second-order valence-electron chi connectivity index (χ2n) is 6.66. The van der Waals surface area contributed by atoms with Crippen LogP contribution in [0.25, 0.3) is 11.0 Å². The van der Waals surface area contributed by atoms with Gasteiger partial charge in [0.1, 0.15) is 0 Å². The lowest BCUT2D eigenvalue weighted by molar-refractivity contribution is 0.220. The van der Waals surface area contributed by atoms with E-state index >= 15 is 0 Å². The fraction of sp³-hybridized carbons (Fsp3) is 0.600. The minimum atomic E-state index is 0.316. The molecule has 0 saturated carbocycles. The Kier molecular flexibility index (Phi) is 3.63. The van der Waals surface area contributed by atoms with Crippen molar-refractivity contribution in [2.45, 2.75) is 34.2 Å². The molecule has 0 aromatic carbocycles. The molecule has 104 valence electrons. The van der Waals surface area contributed by atoms with Gasteiger partial charge in [-0.2, -0.15) is 5.10 Å². The van der Waals surface area contributed by atoms with Crippen molar-refractivity contribution in [3.05, 3.63) is 23.5 Å². The van der Waals surface area contributed by atoms with Gasteiger partial charge in [0.05, 0.1) is 5.69 Å². The topological polar surface area (TPSA) is 34.0 Å². The van der Waals surface area contributed by atoms with Crippen molar-refractivity contribution in [1.29, 1.82) is 0 Å². The van der Waals surface area contributed by atoms with Gasteiger partial charge in [-0.3, -0.25) is 4.68 Å². The van der Waals surface area contributed by atoms with Gasteiger partial charge in [0.2, 0.25) is 0 Å². The van der Waals surface area contributed by atoms with Crippen LogP contribution in [0.1, 0.15) is 32.0 Å². The summed E-state index contributed by atoms with van der Waals surface area (Å²) in [4.78, 5) is 6.87. The van der Waals surface area contributed by atoms with Gasteiger partial charge in [-0.25, -0.2) is 4.98 Å². The number of fused-ring (bicyclic) bond motifs is 1. The third-order valence-corrected chi connectivity index (χ3v) is 3.12. The molecular formula is C15H24N4. The van der Waals surface area contributed by atoms with Crippen molar-refractivity contribution in [3.8, 4) is 0 Å². The molecule has 0 radical (unpaired) electrons. The molecule has 0 fully saturated rings. The number of hydrogen-bond donors (Lipinski definition) is 0. The highest BCUT2D eigenvalue weighted by Gasteiger charge is 2.14. The summed E-state index contributed by atoms with van der Waals surface area (Å²) < 4.78 is 1.84. The molecule has 0 atom stereocenters. The minimum Gasteiger partial charge on any atom is -0.302 e. The monoisotopic (exact) mass is 260 g/mol. The lowest BCUT2D eigenvalue weighted by Gasteiger charge is -2.26. The number of rotatable bonds is 3. The average molecular weight is 260 g/mol. The summed E-state index contributed by atoms with van der Waals surface area (Å²) in [7, 11) is 4.10. The maximum atomic E-state index is 4.52. The highest BCUT2D eigenvalue weighted by molar-refractivity contribution is 5.78. The fourth-order valence-corrected chi connectivity index (χ4v) is 2.61. The zero-order chi connectivity index (χ0) is 14.2. The zero-order valence-electron chi connectivity index (χ0n) is 12.9.